The quantitative estimate of drug-likeness (QED) is 0.814. The molecular formula is C10H8O2S2. The third kappa shape index (κ3) is 1.77. The van der Waals surface area contributed by atoms with Crippen molar-refractivity contribution in [3.63, 3.8) is 0 Å². The molecule has 0 aliphatic heterocycles. The molecular weight excluding hydrogens is 216 g/mol. The Balaban J connectivity index is 2.21. The Morgan fingerprint density at radius 2 is 1.93 bits per heavy atom. The highest BCUT2D eigenvalue weighted by molar-refractivity contribution is 7.12. The normalized spacial score (nSPS) is 12.6. The second kappa shape index (κ2) is 4.04. The zero-order valence-electron chi connectivity index (χ0n) is 7.21. The number of Topliss-reactive ketones (excluding diaryl/α,β-unsaturated/α-hetero) is 1. The summed E-state index contributed by atoms with van der Waals surface area (Å²) >= 11 is 2.74. The summed E-state index contributed by atoms with van der Waals surface area (Å²) in [5.74, 6) is -0.220. The van der Waals surface area contributed by atoms with Crippen LogP contribution in [0.2, 0.25) is 0 Å². The maximum Gasteiger partial charge on any atom is 0.206 e. The highest BCUT2D eigenvalue weighted by atomic mass is 32.1. The van der Waals surface area contributed by atoms with Gasteiger partial charge in [0.15, 0.2) is 6.10 Å². The van der Waals surface area contributed by atoms with Gasteiger partial charge in [0.05, 0.1) is 4.88 Å². The Kier molecular flexibility index (Phi) is 2.77. The Morgan fingerprint density at radius 3 is 2.50 bits per heavy atom. The largest absolute Gasteiger partial charge is 0.379 e. The fourth-order valence-electron chi connectivity index (χ4n) is 1.13. The molecule has 0 spiro atoms. The maximum absolute atomic E-state index is 11.7. The van der Waals surface area contributed by atoms with E-state index in [1.807, 2.05) is 16.8 Å². The first-order valence-electron chi connectivity index (χ1n) is 4.08. The number of thiophene rings is 2. The summed E-state index contributed by atoms with van der Waals surface area (Å²) in [5, 5.41) is 13.4. The van der Waals surface area contributed by atoms with Gasteiger partial charge in [-0.1, -0.05) is 12.1 Å². The van der Waals surface area contributed by atoms with Crippen molar-refractivity contribution in [3.8, 4) is 0 Å². The number of hydrogen-bond donors (Lipinski definition) is 1. The smallest absolute Gasteiger partial charge is 0.206 e. The van der Waals surface area contributed by atoms with Gasteiger partial charge in [-0.15, -0.1) is 22.7 Å². The number of rotatable bonds is 3. The molecule has 0 saturated heterocycles. The van der Waals surface area contributed by atoms with Gasteiger partial charge in [0.2, 0.25) is 5.78 Å². The zero-order valence-corrected chi connectivity index (χ0v) is 8.85. The minimum absolute atomic E-state index is 0.220. The molecule has 72 valence electrons. The maximum atomic E-state index is 11.7. The lowest BCUT2D eigenvalue weighted by molar-refractivity contribution is 0.0758. The summed E-state index contributed by atoms with van der Waals surface area (Å²) in [6.07, 6.45) is -1.01. The molecule has 1 atom stereocenters. The van der Waals surface area contributed by atoms with E-state index in [1.165, 1.54) is 22.7 Å². The van der Waals surface area contributed by atoms with E-state index in [0.29, 0.717) is 9.75 Å². The minimum Gasteiger partial charge on any atom is -0.379 e. The number of carbonyl (C=O) groups excluding carboxylic acids is 1. The molecule has 2 nitrogen and oxygen atoms in total. The average Bonchev–Trinajstić information content (AvgIpc) is 2.87. The first-order valence-corrected chi connectivity index (χ1v) is 5.84. The molecule has 0 fully saturated rings. The van der Waals surface area contributed by atoms with Crippen LogP contribution in [-0.2, 0) is 0 Å². The topological polar surface area (TPSA) is 37.3 Å². The van der Waals surface area contributed by atoms with Gasteiger partial charge >= 0.3 is 0 Å². The number of hydrogen-bond acceptors (Lipinski definition) is 4. The molecule has 0 saturated carbocycles. The van der Waals surface area contributed by atoms with Crippen LogP contribution in [0.4, 0.5) is 0 Å². The lowest BCUT2D eigenvalue weighted by Crippen LogP contribution is -2.09. The van der Waals surface area contributed by atoms with Gasteiger partial charge in [0, 0.05) is 4.88 Å². The third-order valence-corrected chi connectivity index (χ3v) is 3.63. The van der Waals surface area contributed by atoms with E-state index in [0.717, 1.165) is 0 Å². The van der Waals surface area contributed by atoms with Crippen LogP contribution < -0.4 is 0 Å². The van der Waals surface area contributed by atoms with Crippen molar-refractivity contribution in [2.75, 3.05) is 0 Å². The van der Waals surface area contributed by atoms with Crippen molar-refractivity contribution in [2.24, 2.45) is 0 Å². The van der Waals surface area contributed by atoms with E-state index < -0.39 is 6.10 Å². The van der Waals surface area contributed by atoms with E-state index in [9.17, 15) is 9.90 Å². The molecule has 4 heteroatoms. The van der Waals surface area contributed by atoms with Gasteiger partial charge in [0.1, 0.15) is 0 Å². The summed E-state index contributed by atoms with van der Waals surface area (Å²) in [5.41, 5.74) is 0. The number of ketones is 1. The minimum atomic E-state index is -1.01. The van der Waals surface area contributed by atoms with Crippen molar-refractivity contribution in [2.45, 2.75) is 6.10 Å². The summed E-state index contributed by atoms with van der Waals surface area (Å²) in [6, 6.07) is 7.12. The van der Waals surface area contributed by atoms with Crippen molar-refractivity contribution >= 4 is 28.5 Å². The molecule has 2 rings (SSSR count). The van der Waals surface area contributed by atoms with Crippen molar-refractivity contribution in [1.82, 2.24) is 0 Å². The van der Waals surface area contributed by atoms with E-state index in [-0.39, 0.29) is 5.78 Å². The van der Waals surface area contributed by atoms with Crippen LogP contribution in [0.3, 0.4) is 0 Å². The molecule has 2 heterocycles. The highest BCUT2D eigenvalue weighted by Crippen LogP contribution is 2.24. The molecule has 0 aliphatic carbocycles. The lowest BCUT2D eigenvalue weighted by atomic mass is 10.2. The number of aliphatic hydroxyl groups excluding tert-OH is 1. The van der Waals surface area contributed by atoms with Crippen LogP contribution in [0.15, 0.2) is 35.0 Å². The van der Waals surface area contributed by atoms with Gasteiger partial charge in [-0.2, -0.15) is 0 Å². The van der Waals surface area contributed by atoms with Gasteiger partial charge in [0.25, 0.3) is 0 Å². The third-order valence-electron chi connectivity index (χ3n) is 1.83. The molecule has 0 radical (unpaired) electrons. The molecule has 14 heavy (non-hydrogen) atoms. The fourth-order valence-corrected chi connectivity index (χ4v) is 2.53. The zero-order chi connectivity index (χ0) is 9.97. The van der Waals surface area contributed by atoms with Crippen molar-refractivity contribution in [3.05, 3.63) is 44.8 Å². The summed E-state index contributed by atoms with van der Waals surface area (Å²) in [6.45, 7) is 0. The molecule has 2 aromatic rings. The van der Waals surface area contributed by atoms with E-state index in [4.69, 9.17) is 0 Å². The van der Waals surface area contributed by atoms with Crippen LogP contribution in [0, 0.1) is 0 Å². The monoisotopic (exact) mass is 224 g/mol. The predicted molar refractivity (Wildman–Crippen MR) is 57.9 cm³/mol. The SMILES string of the molecule is O=C(c1cccs1)C(O)c1cccs1. The Morgan fingerprint density at radius 1 is 1.21 bits per heavy atom. The number of aliphatic hydroxyl groups is 1. The first kappa shape index (κ1) is 9.58. The van der Waals surface area contributed by atoms with Crippen LogP contribution in [0.25, 0.3) is 0 Å². The van der Waals surface area contributed by atoms with Crippen LogP contribution in [0.5, 0.6) is 0 Å². The second-order valence-electron chi connectivity index (χ2n) is 2.76. The highest BCUT2D eigenvalue weighted by Gasteiger charge is 2.20. The van der Waals surface area contributed by atoms with E-state index in [1.54, 1.807) is 18.2 Å². The van der Waals surface area contributed by atoms with Crippen LogP contribution in [-0.4, -0.2) is 10.9 Å². The van der Waals surface area contributed by atoms with Gasteiger partial charge < -0.3 is 5.11 Å². The van der Waals surface area contributed by atoms with Gasteiger partial charge in [-0.05, 0) is 22.9 Å². The Bertz CT molecular complexity index is 403. The molecule has 1 unspecified atom stereocenters. The predicted octanol–water partition coefficient (Wildman–Crippen LogP) is 2.73. The average molecular weight is 224 g/mol. The summed E-state index contributed by atoms with van der Waals surface area (Å²) < 4.78 is 0. The standard InChI is InChI=1S/C10H8O2S2/c11-9(7-3-1-5-13-7)10(12)8-4-2-6-14-8/h1-6,9,11H. The lowest BCUT2D eigenvalue weighted by Gasteiger charge is -2.04. The van der Waals surface area contributed by atoms with E-state index >= 15 is 0 Å². The molecule has 0 bridgehead atoms. The van der Waals surface area contributed by atoms with Crippen LogP contribution in [0.1, 0.15) is 20.7 Å². The van der Waals surface area contributed by atoms with Crippen molar-refractivity contribution < 1.29 is 9.90 Å². The number of carbonyl (C=O) groups is 1. The first-order chi connectivity index (χ1) is 6.79. The molecule has 1 N–H and O–H groups in total. The molecule has 2 aromatic heterocycles. The molecule has 0 aromatic carbocycles. The Hall–Kier alpha value is -0.970. The Labute approximate surface area is 89.5 Å². The van der Waals surface area contributed by atoms with Gasteiger partial charge in [-0.25, -0.2) is 0 Å². The summed E-state index contributed by atoms with van der Waals surface area (Å²) in [4.78, 5) is 13.0. The second-order valence-corrected chi connectivity index (χ2v) is 4.69. The molecule has 0 aliphatic rings. The van der Waals surface area contributed by atoms with Gasteiger partial charge in [-0.3, -0.25) is 4.79 Å². The van der Waals surface area contributed by atoms with E-state index in [2.05, 4.69) is 0 Å². The molecule has 0 amide bonds. The van der Waals surface area contributed by atoms with Crippen LogP contribution >= 0.6 is 22.7 Å². The summed E-state index contributed by atoms with van der Waals surface area (Å²) in [7, 11) is 0. The fraction of sp³-hybridized carbons (Fsp3) is 0.100. The van der Waals surface area contributed by atoms with Crippen molar-refractivity contribution in [1.29, 1.82) is 0 Å².